The molecule has 0 radical (unpaired) electrons. The average Bonchev–Trinajstić information content (AvgIpc) is 3.16. The molecule has 1 aromatic heterocycles. The van der Waals surface area contributed by atoms with Crippen LogP contribution in [0.5, 0.6) is 0 Å². The molecule has 0 bridgehead atoms. The molecular formula is C17H32IN5O2S2. The fourth-order valence-corrected chi connectivity index (χ4v) is 5.02. The van der Waals surface area contributed by atoms with Gasteiger partial charge in [-0.15, -0.1) is 35.3 Å². The minimum Gasteiger partial charge on any atom is -0.357 e. The van der Waals surface area contributed by atoms with Crippen LogP contribution in [-0.2, 0) is 10.0 Å². The Morgan fingerprint density at radius 2 is 2.07 bits per heavy atom. The summed E-state index contributed by atoms with van der Waals surface area (Å²) in [5.41, 5.74) is 0. The van der Waals surface area contributed by atoms with E-state index < -0.39 is 10.0 Å². The van der Waals surface area contributed by atoms with Crippen molar-refractivity contribution < 1.29 is 8.42 Å². The Bertz CT molecular complexity index is 644. The second kappa shape index (κ2) is 12.9. The first kappa shape index (κ1) is 24.6. The van der Waals surface area contributed by atoms with E-state index >= 15 is 0 Å². The van der Waals surface area contributed by atoms with Crippen LogP contribution in [-0.4, -0.2) is 64.6 Å². The molecule has 0 aliphatic carbocycles. The van der Waals surface area contributed by atoms with Crippen molar-refractivity contribution in [3.05, 3.63) is 17.5 Å². The third-order valence-corrected chi connectivity index (χ3v) is 7.10. The molecule has 10 heteroatoms. The van der Waals surface area contributed by atoms with E-state index in [0.29, 0.717) is 16.8 Å². The van der Waals surface area contributed by atoms with Crippen LogP contribution in [0.25, 0.3) is 0 Å². The van der Waals surface area contributed by atoms with Crippen LogP contribution >= 0.6 is 35.3 Å². The zero-order chi connectivity index (χ0) is 18.8. The van der Waals surface area contributed by atoms with Crippen LogP contribution in [0, 0.1) is 0 Å². The Kier molecular flexibility index (Phi) is 11.8. The molecule has 1 aliphatic rings. The molecule has 156 valence electrons. The average molecular weight is 530 g/mol. The number of aliphatic imine (C=N–C) groups is 1. The van der Waals surface area contributed by atoms with E-state index in [1.807, 2.05) is 6.92 Å². The highest BCUT2D eigenvalue weighted by molar-refractivity contribution is 14.0. The third kappa shape index (κ3) is 8.63. The van der Waals surface area contributed by atoms with Crippen LogP contribution in [0.1, 0.15) is 33.1 Å². The van der Waals surface area contributed by atoms with Gasteiger partial charge in [0.05, 0.1) is 6.54 Å². The highest BCUT2D eigenvalue weighted by Gasteiger charge is 2.19. The van der Waals surface area contributed by atoms with E-state index in [4.69, 9.17) is 0 Å². The van der Waals surface area contributed by atoms with Crippen molar-refractivity contribution in [2.24, 2.45) is 4.99 Å². The number of sulfonamides is 1. The van der Waals surface area contributed by atoms with Gasteiger partial charge in [0.1, 0.15) is 4.21 Å². The molecule has 1 aromatic rings. The Morgan fingerprint density at radius 3 is 2.67 bits per heavy atom. The summed E-state index contributed by atoms with van der Waals surface area (Å²) >= 11 is 1.21. The molecule has 3 N–H and O–H groups in total. The molecule has 2 heterocycles. The minimum absolute atomic E-state index is 0. The van der Waals surface area contributed by atoms with Crippen LogP contribution in [0.3, 0.4) is 0 Å². The quantitative estimate of drug-likeness (QED) is 0.198. The molecule has 0 aromatic carbocycles. The van der Waals surface area contributed by atoms with Crippen LogP contribution < -0.4 is 15.4 Å². The molecule has 1 saturated heterocycles. The number of guanidine groups is 1. The van der Waals surface area contributed by atoms with E-state index in [9.17, 15) is 8.42 Å². The molecule has 0 spiro atoms. The molecule has 27 heavy (non-hydrogen) atoms. The fourth-order valence-electron chi connectivity index (χ4n) is 2.97. The predicted octanol–water partition coefficient (Wildman–Crippen LogP) is 2.07. The van der Waals surface area contributed by atoms with Gasteiger partial charge in [0.2, 0.25) is 10.0 Å². The normalized spacial score (nSPS) is 16.7. The van der Waals surface area contributed by atoms with E-state index in [1.165, 1.54) is 24.3 Å². The van der Waals surface area contributed by atoms with Gasteiger partial charge in [-0.3, -0.25) is 4.99 Å². The van der Waals surface area contributed by atoms with Crippen molar-refractivity contribution >= 4 is 51.3 Å². The zero-order valence-electron chi connectivity index (χ0n) is 16.1. The molecule has 0 amide bonds. The maximum atomic E-state index is 12.1. The van der Waals surface area contributed by atoms with E-state index in [-0.39, 0.29) is 30.5 Å². The Labute approximate surface area is 184 Å². The summed E-state index contributed by atoms with van der Waals surface area (Å²) in [5.74, 6) is 0.761. The Hall–Kier alpha value is -0.430. The summed E-state index contributed by atoms with van der Waals surface area (Å²) in [6, 6.07) is 3.76. The van der Waals surface area contributed by atoms with Crippen molar-refractivity contribution in [1.82, 2.24) is 20.3 Å². The lowest BCUT2D eigenvalue weighted by atomic mass is 10.1. The van der Waals surface area contributed by atoms with Crippen LogP contribution in [0.4, 0.5) is 0 Å². The second-order valence-electron chi connectivity index (χ2n) is 6.35. The van der Waals surface area contributed by atoms with Gasteiger partial charge in [-0.05, 0) is 44.2 Å². The van der Waals surface area contributed by atoms with Crippen molar-refractivity contribution in [3.63, 3.8) is 0 Å². The largest absolute Gasteiger partial charge is 0.357 e. The SMILES string of the molecule is CCCN1CCC(NC(=NCCNS(=O)(=O)c2cccs2)NCC)CC1.I. The molecular weight excluding hydrogens is 497 g/mol. The summed E-state index contributed by atoms with van der Waals surface area (Å²) in [5, 5.41) is 8.48. The van der Waals surface area contributed by atoms with E-state index in [1.54, 1.807) is 17.5 Å². The summed E-state index contributed by atoms with van der Waals surface area (Å²) in [6.45, 7) is 9.11. The number of hydrogen-bond donors (Lipinski definition) is 3. The summed E-state index contributed by atoms with van der Waals surface area (Å²) in [4.78, 5) is 7.01. The van der Waals surface area contributed by atoms with Crippen molar-refractivity contribution in [2.45, 2.75) is 43.4 Å². The van der Waals surface area contributed by atoms with E-state index in [2.05, 4.69) is 32.2 Å². The molecule has 1 fully saturated rings. The van der Waals surface area contributed by atoms with Gasteiger partial charge in [0, 0.05) is 32.2 Å². The molecule has 1 aliphatic heterocycles. The van der Waals surface area contributed by atoms with Crippen molar-refractivity contribution in [1.29, 1.82) is 0 Å². The summed E-state index contributed by atoms with van der Waals surface area (Å²) in [7, 11) is -3.41. The Balaban J connectivity index is 0.00000364. The van der Waals surface area contributed by atoms with Gasteiger partial charge in [0.15, 0.2) is 5.96 Å². The lowest BCUT2D eigenvalue weighted by Gasteiger charge is -2.32. The summed E-state index contributed by atoms with van der Waals surface area (Å²) < 4.78 is 27.1. The van der Waals surface area contributed by atoms with Gasteiger partial charge >= 0.3 is 0 Å². The van der Waals surface area contributed by atoms with Gasteiger partial charge < -0.3 is 15.5 Å². The van der Waals surface area contributed by atoms with Gasteiger partial charge in [-0.1, -0.05) is 13.0 Å². The molecule has 0 saturated carbocycles. The standard InChI is InChI=1S/C17H31N5O2S2.HI/c1-3-11-22-12-7-15(8-13-22)21-17(18-4-2)19-9-10-20-26(23,24)16-6-5-14-25-16;/h5-6,14-15,20H,3-4,7-13H2,1-2H3,(H2,18,19,21);1H. The molecule has 2 rings (SSSR count). The second-order valence-corrected chi connectivity index (χ2v) is 9.29. The van der Waals surface area contributed by atoms with Gasteiger partial charge in [-0.2, -0.15) is 0 Å². The lowest BCUT2D eigenvalue weighted by molar-refractivity contribution is 0.206. The molecule has 0 unspecified atom stereocenters. The van der Waals surface area contributed by atoms with Crippen molar-refractivity contribution in [2.75, 3.05) is 39.3 Å². The number of hydrogen-bond acceptors (Lipinski definition) is 5. The topological polar surface area (TPSA) is 85.8 Å². The predicted molar refractivity (Wildman–Crippen MR) is 124 cm³/mol. The number of thiophene rings is 1. The Morgan fingerprint density at radius 1 is 1.33 bits per heavy atom. The highest BCUT2D eigenvalue weighted by Crippen LogP contribution is 2.14. The van der Waals surface area contributed by atoms with Crippen LogP contribution in [0.15, 0.2) is 26.7 Å². The molecule has 7 nitrogen and oxygen atoms in total. The number of rotatable bonds is 9. The van der Waals surface area contributed by atoms with Gasteiger partial charge in [-0.25, -0.2) is 13.1 Å². The first-order valence-corrected chi connectivity index (χ1v) is 11.7. The first-order chi connectivity index (χ1) is 12.5. The zero-order valence-corrected chi connectivity index (χ0v) is 20.1. The molecule has 0 atom stereocenters. The fraction of sp³-hybridized carbons (Fsp3) is 0.706. The minimum atomic E-state index is -3.41. The maximum absolute atomic E-state index is 12.1. The van der Waals surface area contributed by atoms with Crippen LogP contribution in [0.2, 0.25) is 0 Å². The number of nitrogens with one attached hydrogen (secondary N) is 3. The summed E-state index contributed by atoms with van der Waals surface area (Å²) in [6.07, 6.45) is 3.41. The number of halogens is 1. The maximum Gasteiger partial charge on any atom is 0.250 e. The van der Waals surface area contributed by atoms with Gasteiger partial charge in [0.25, 0.3) is 0 Å². The number of piperidine rings is 1. The first-order valence-electron chi connectivity index (χ1n) is 9.35. The third-order valence-electron chi connectivity index (χ3n) is 4.25. The number of nitrogens with zero attached hydrogens (tertiary/aromatic N) is 2. The number of likely N-dealkylation sites (tertiary alicyclic amines) is 1. The van der Waals surface area contributed by atoms with Crippen molar-refractivity contribution in [3.8, 4) is 0 Å². The smallest absolute Gasteiger partial charge is 0.250 e. The highest BCUT2D eigenvalue weighted by atomic mass is 127. The lowest BCUT2D eigenvalue weighted by Crippen LogP contribution is -2.49. The van der Waals surface area contributed by atoms with E-state index in [0.717, 1.165) is 38.4 Å². The monoisotopic (exact) mass is 529 g/mol.